The Kier molecular flexibility index (Phi) is 4.42. The van der Waals surface area contributed by atoms with E-state index in [0.717, 1.165) is 25.3 Å². The third-order valence-corrected chi connectivity index (χ3v) is 3.94. The van der Waals surface area contributed by atoms with Crippen molar-refractivity contribution in [1.29, 1.82) is 0 Å². The Hall–Kier alpha value is -1.13. The number of rotatable bonds is 4. The van der Waals surface area contributed by atoms with Gasteiger partial charge in [0.1, 0.15) is 5.82 Å². The molecule has 4 heteroatoms. The summed E-state index contributed by atoms with van der Waals surface area (Å²) in [7, 11) is 4.32. The van der Waals surface area contributed by atoms with Crippen LogP contribution in [0.25, 0.3) is 0 Å². The largest absolute Gasteiger partial charge is 0.354 e. The molecule has 0 aliphatic carbocycles. The molecule has 4 nitrogen and oxygen atoms in total. The van der Waals surface area contributed by atoms with Gasteiger partial charge in [-0.25, -0.2) is 4.98 Å². The standard InChI is InChI=1S/C15H26N4/c1-11-9-19(10-14(11)18(3)4)15-13(8-12(2)16)6-5-7-17-15/h5-7,11-12,14H,8-10,16H2,1-4H3. The lowest BCUT2D eigenvalue weighted by molar-refractivity contribution is 0.266. The number of nitrogens with two attached hydrogens (primary N) is 1. The minimum Gasteiger partial charge on any atom is -0.354 e. The second kappa shape index (κ2) is 5.88. The third kappa shape index (κ3) is 3.25. The molecule has 2 rings (SSSR count). The van der Waals surface area contributed by atoms with E-state index < -0.39 is 0 Å². The molecule has 0 aromatic carbocycles. The number of hydrogen-bond acceptors (Lipinski definition) is 4. The second-order valence-corrected chi connectivity index (χ2v) is 6.08. The van der Waals surface area contributed by atoms with Crippen molar-refractivity contribution in [2.75, 3.05) is 32.1 Å². The molecule has 1 aliphatic heterocycles. The predicted octanol–water partition coefficient (Wildman–Crippen LogP) is 1.36. The molecule has 1 saturated heterocycles. The molecule has 0 spiro atoms. The summed E-state index contributed by atoms with van der Waals surface area (Å²) < 4.78 is 0. The number of aromatic nitrogens is 1. The molecule has 1 aromatic heterocycles. The van der Waals surface area contributed by atoms with Crippen LogP contribution >= 0.6 is 0 Å². The summed E-state index contributed by atoms with van der Waals surface area (Å²) in [6.45, 7) is 6.49. The van der Waals surface area contributed by atoms with Crippen LogP contribution in [-0.4, -0.2) is 49.2 Å². The van der Waals surface area contributed by atoms with E-state index in [9.17, 15) is 0 Å². The highest BCUT2D eigenvalue weighted by Crippen LogP contribution is 2.27. The number of nitrogens with zero attached hydrogens (tertiary/aromatic N) is 3. The Morgan fingerprint density at radius 2 is 2.21 bits per heavy atom. The number of pyridine rings is 1. The van der Waals surface area contributed by atoms with Gasteiger partial charge in [0.15, 0.2) is 0 Å². The maximum Gasteiger partial charge on any atom is 0.131 e. The summed E-state index contributed by atoms with van der Waals surface area (Å²) in [5.41, 5.74) is 7.21. The SMILES string of the molecule is CC(N)Cc1cccnc1N1CC(C)C(N(C)C)C1. The second-order valence-electron chi connectivity index (χ2n) is 6.08. The fraction of sp³-hybridized carbons (Fsp3) is 0.667. The molecule has 3 atom stereocenters. The molecular formula is C15H26N4. The minimum atomic E-state index is 0.174. The van der Waals surface area contributed by atoms with Crippen molar-refractivity contribution < 1.29 is 0 Å². The molecule has 0 bridgehead atoms. The van der Waals surface area contributed by atoms with E-state index in [-0.39, 0.29) is 6.04 Å². The van der Waals surface area contributed by atoms with E-state index in [2.05, 4.69) is 41.9 Å². The van der Waals surface area contributed by atoms with Gasteiger partial charge in [0.05, 0.1) is 0 Å². The summed E-state index contributed by atoms with van der Waals surface area (Å²) in [6, 6.07) is 4.93. The topological polar surface area (TPSA) is 45.4 Å². The van der Waals surface area contributed by atoms with Crippen LogP contribution < -0.4 is 10.6 Å². The van der Waals surface area contributed by atoms with Gasteiger partial charge in [-0.05, 0) is 45.0 Å². The van der Waals surface area contributed by atoms with Gasteiger partial charge in [-0.15, -0.1) is 0 Å². The highest BCUT2D eigenvalue weighted by molar-refractivity contribution is 5.48. The van der Waals surface area contributed by atoms with Crippen LogP contribution in [0.3, 0.4) is 0 Å². The summed E-state index contributed by atoms with van der Waals surface area (Å²) in [4.78, 5) is 9.32. The molecule has 1 aromatic rings. The lowest BCUT2D eigenvalue weighted by Crippen LogP contribution is -2.34. The van der Waals surface area contributed by atoms with Crippen LogP contribution in [0, 0.1) is 5.92 Å². The highest BCUT2D eigenvalue weighted by atomic mass is 15.3. The monoisotopic (exact) mass is 262 g/mol. The molecule has 19 heavy (non-hydrogen) atoms. The van der Waals surface area contributed by atoms with Gasteiger partial charge in [0.25, 0.3) is 0 Å². The van der Waals surface area contributed by atoms with Crippen LogP contribution in [-0.2, 0) is 6.42 Å². The predicted molar refractivity (Wildman–Crippen MR) is 80.4 cm³/mol. The summed E-state index contributed by atoms with van der Waals surface area (Å²) in [5.74, 6) is 1.79. The Balaban J connectivity index is 2.19. The Morgan fingerprint density at radius 1 is 1.47 bits per heavy atom. The van der Waals surface area contributed by atoms with Crippen molar-refractivity contribution in [3.63, 3.8) is 0 Å². The number of anilines is 1. The fourth-order valence-electron chi connectivity index (χ4n) is 3.02. The van der Waals surface area contributed by atoms with Crippen LogP contribution in [0.4, 0.5) is 5.82 Å². The maximum atomic E-state index is 5.94. The van der Waals surface area contributed by atoms with E-state index in [1.165, 1.54) is 5.56 Å². The van der Waals surface area contributed by atoms with E-state index >= 15 is 0 Å². The lowest BCUT2D eigenvalue weighted by atomic mass is 10.1. The number of hydrogen-bond donors (Lipinski definition) is 1. The molecule has 0 amide bonds. The molecular weight excluding hydrogens is 236 g/mol. The number of likely N-dealkylation sites (N-methyl/N-ethyl adjacent to an activating group) is 1. The van der Waals surface area contributed by atoms with Crippen molar-refractivity contribution in [3.05, 3.63) is 23.9 Å². The van der Waals surface area contributed by atoms with Crippen molar-refractivity contribution >= 4 is 5.82 Å². The fourth-order valence-corrected chi connectivity index (χ4v) is 3.02. The third-order valence-electron chi connectivity index (χ3n) is 3.94. The molecule has 1 aliphatic rings. The quantitative estimate of drug-likeness (QED) is 0.890. The van der Waals surface area contributed by atoms with Crippen molar-refractivity contribution in [3.8, 4) is 0 Å². The van der Waals surface area contributed by atoms with Crippen molar-refractivity contribution in [1.82, 2.24) is 9.88 Å². The average Bonchev–Trinajstić information content (AvgIpc) is 2.71. The van der Waals surface area contributed by atoms with Crippen molar-refractivity contribution in [2.24, 2.45) is 11.7 Å². The lowest BCUT2D eigenvalue weighted by Gasteiger charge is -2.23. The molecule has 2 heterocycles. The van der Waals surface area contributed by atoms with Crippen LogP contribution in [0.15, 0.2) is 18.3 Å². The first-order chi connectivity index (χ1) is 8.99. The molecule has 2 N–H and O–H groups in total. The van der Waals surface area contributed by atoms with Gasteiger partial charge in [0, 0.05) is 31.4 Å². The zero-order valence-electron chi connectivity index (χ0n) is 12.5. The minimum absolute atomic E-state index is 0.174. The van der Waals surface area contributed by atoms with Crippen molar-refractivity contribution in [2.45, 2.75) is 32.4 Å². The highest BCUT2D eigenvalue weighted by Gasteiger charge is 2.32. The molecule has 0 saturated carbocycles. The van der Waals surface area contributed by atoms with Gasteiger partial charge >= 0.3 is 0 Å². The first kappa shape index (κ1) is 14.3. The van der Waals surface area contributed by atoms with Gasteiger partial charge in [-0.1, -0.05) is 13.0 Å². The Bertz CT molecular complexity index is 416. The average molecular weight is 262 g/mol. The van der Waals surface area contributed by atoms with E-state index in [1.807, 2.05) is 19.2 Å². The van der Waals surface area contributed by atoms with Gasteiger partial charge in [0.2, 0.25) is 0 Å². The Labute approximate surface area is 116 Å². The Morgan fingerprint density at radius 3 is 2.79 bits per heavy atom. The van der Waals surface area contributed by atoms with E-state index in [1.54, 1.807) is 0 Å². The van der Waals surface area contributed by atoms with Gasteiger partial charge in [-0.3, -0.25) is 0 Å². The van der Waals surface area contributed by atoms with Crippen LogP contribution in [0.5, 0.6) is 0 Å². The first-order valence-corrected chi connectivity index (χ1v) is 7.10. The maximum absolute atomic E-state index is 5.94. The molecule has 1 fully saturated rings. The first-order valence-electron chi connectivity index (χ1n) is 7.10. The normalized spacial score (nSPS) is 25.1. The van der Waals surface area contributed by atoms with Crippen LogP contribution in [0.1, 0.15) is 19.4 Å². The van der Waals surface area contributed by atoms with Gasteiger partial charge < -0.3 is 15.5 Å². The molecule has 3 unspecified atom stereocenters. The summed E-state index contributed by atoms with van der Waals surface area (Å²) in [5, 5.41) is 0. The van der Waals surface area contributed by atoms with Gasteiger partial charge in [-0.2, -0.15) is 0 Å². The smallest absolute Gasteiger partial charge is 0.131 e. The summed E-state index contributed by atoms with van der Waals surface area (Å²) in [6.07, 6.45) is 2.77. The van der Waals surface area contributed by atoms with E-state index in [0.29, 0.717) is 12.0 Å². The van der Waals surface area contributed by atoms with E-state index in [4.69, 9.17) is 5.73 Å². The zero-order chi connectivity index (χ0) is 14.0. The van der Waals surface area contributed by atoms with Crippen LogP contribution in [0.2, 0.25) is 0 Å². The zero-order valence-corrected chi connectivity index (χ0v) is 12.5. The summed E-state index contributed by atoms with van der Waals surface area (Å²) >= 11 is 0. The molecule has 0 radical (unpaired) electrons. The molecule has 106 valence electrons.